The summed E-state index contributed by atoms with van der Waals surface area (Å²) in [6.07, 6.45) is 2.00. The standard InChI is InChI=1S/C15H14N3.BF4/c1-13-16-18(15-10-6-3-7-11-15)12-17(13)14-8-4-2-5-9-14;2-1(3,4)5/h2-12H,1H3;/q+1;-1. The first-order chi connectivity index (χ1) is 10.8. The lowest BCUT2D eigenvalue weighted by atomic mass is 10.3. The zero-order chi connectivity index (χ0) is 16.9. The topological polar surface area (TPSA) is 21.7 Å². The highest BCUT2D eigenvalue weighted by Crippen LogP contribution is 2.07. The fraction of sp³-hybridized carbons (Fsp3) is 0.0667. The van der Waals surface area contributed by atoms with Gasteiger partial charge < -0.3 is 17.3 Å². The molecule has 0 atom stereocenters. The molecule has 0 spiro atoms. The number of benzene rings is 2. The number of hydrogen-bond acceptors (Lipinski definition) is 1. The van der Waals surface area contributed by atoms with Gasteiger partial charge in [0, 0.05) is 12.0 Å². The summed E-state index contributed by atoms with van der Waals surface area (Å²) in [5, 5.41) is 4.54. The Balaban J connectivity index is 0.000000338. The Morgan fingerprint density at radius 2 is 1.35 bits per heavy atom. The third kappa shape index (κ3) is 5.25. The van der Waals surface area contributed by atoms with Crippen LogP contribution in [-0.2, 0) is 0 Å². The van der Waals surface area contributed by atoms with Crippen LogP contribution in [0.2, 0.25) is 0 Å². The van der Waals surface area contributed by atoms with Crippen molar-refractivity contribution in [1.29, 1.82) is 0 Å². The molecule has 0 fully saturated rings. The molecule has 0 aliphatic heterocycles. The quantitative estimate of drug-likeness (QED) is 0.400. The lowest BCUT2D eigenvalue weighted by Gasteiger charge is -1.95. The smallest absolute Gasteiger partial charge is 0.418 e. The maximum atomic E-state index is 9.75. The molecule has 8 heteroatoms. The summed E-state index contributed by atoms with van der Waals surface area (Å²) in [7, 11) is -6.00. The van der Waals surface area contributed by atoms with Gasteiger partial charge in [-0.1, -0.05) is 41.1 Å². The minimum atomic E-state index is -6.00. The third-order valence-corrected chi connectivity index (χ3v) is 2.88. The number of halogens is 4. The highest BCUT2D eigenvalue weighted by atomic mass is 19.5. The summed E-state index contributed by atoms with van der Waals surface area (Å²) in [4.78, 5) is 0. The van der Waals surface area contributed by atoms with Crippen LogP contribution in [0.4, 0.5) is 17.3 Å². The number of hydrogen-bond donors (Lipinski definition) is 0. The Bertz CT molecular complexity index is 736. The van der Waals surface area contributed by atoms with Crippen molar-refractivity contribution in [3.8, 4) is 11.4 Å². The monoisotopic (exact) mass is 323 g/mol. The molecule has 3 rings (SSSR count). The number of nitrogens with zero attached hydrogens (tertiary/aromatic N) is 3. The maximum Gasteiger partial charge on any atom is 0.673 e. The summed E-state index contributed by atoms with van der Waals surface area (Å²) in [6, 6.07) is 20.3. The summed E-state index contributed by atoms with van der Waals surface area (Å²) in [5.41, 5.74) is 2.19. The largest absolute Gasteiger partial charge is 0.673 e. The van der Waals surface area contributed by atoms with E-state index in [0.717, 1.165) is 17.2 Å². The van der Waals surface area contributed by atoms with Gasteiger partial charge in [0.25, 0.3) is 5.82 Å². The highest BCUT2D eigenvalue weighted by molar-refractivity contribution is 6.50. The molecule has 2 aromatic carbocycles. The Morgan fingerprint density at radius 3 is 1.87 bits per heavy atom. The Morgan fingerprint density at radius 1 is 0.870 bits per heavy atom. The lowest BCUT2D eigenvalue weighted by Crippen LogP contribution is -2.31. The van der Waals surface area contributed by atoms with Crippen LogP contribution in [-0.4, -0.2) is 17.0 Å². The third-order valence-electron chi connectivity index (χ3n) is 2.88. The van der Waals surface area contributed by atoms with E-state index in [1.54, 1.807) is 0 Å². The summed E-state index contributed by atoms with van der Waals surface area (Å²) < 4.78 is 43.0. The number of rotatable bonds is 2. The molecule has 0 unspecified atom stereocenters. The van der Waals surface area contributed by atoms with Crippen molar-refractivity contribution < 1.29 is 21.8 Å². The lowest BCUT2D eigenvalue weighted by molar-refractivity contribution is -0.603. The molecule has 0 amide bonds. The van der Waals surface area contributed by atoms with E-state index in [4.69, 9.17) is 0 Å². The molecular weight excluding hydrogens is 309 g/mol. The van der Waals surface area contributed by atoms with Crippen LogP contribution in [0.15, 0.2) is 67.0 Å². The van der Waals surface area contributed by atoms with E-state index in [1.165, 1.54) is 0 Å². The molecule has 0 N–H and O–H groups in total. The van der Waals surface area contributed by atoms with Crippen LogP contribution in [0.25, 0.3) is 11.4 Å². The highest BCUT2D eigenvalue weighted by Gasteiger charge is 2.20. The van der Waals surface area contributed by atoms with E-state index in [1.807, 2.05) is 66.5 Å². The maximum absolute atomic E-state index is 9.75. The van der Waals surface area contributed by atoms with E-state index in [9.17, 15) is 17.3 Å². The van der Waals surface area contributed by atoms with Gasteiger partial charge in [-0.2, -0.15) is 0 Å². The summed E-state index contributed by atoms with van der Waals surface area (Å²) >= 11 is 0. The predicted molar refractivity (Wildman–Crippen MR) is 80.0 cm³/mol. The van der Waals surface area contributed by atoms with Crippen molar-refractivity contribution in [3.63, 3.8) is 0 Å². The predicted octanol–water partition coefficient (Wildman–Crippen LogP) is 3.76. The van der Waals surface area contributed by atoms with Crippen molar-refractivity contribution in [2.45, 2.75) is 6.92 Å². The van der Waals surface area contributed by atoms with Crippen LogP contribution >= 0.6 is 0 Å². The molecule has 0 saturated heterocycles. The van der Waals surface area contributed by atoms with Gasteiger partial charge in [-0.3, -0.25) is 0 Å². The summed E-state index contributed by atoms with van der Waals surface area (Å²) in [6.45, 7) is 2.01. The Labute approximate surface area is 130 Å². The van der Waals surface area contributed by atoms with Gasteiger partial charge in [0.05, 0.1) is 0 Å². The normalized spacial score (nSPS) is 10.8. The van der Waals surface area contributed by atoms with Crippen LogP contribution in [0.5, 0.6) is 0 Å². The molecule has 1 aromatic heterocycles. The molecule has 0 radical (unpaired) electrons. The van der Waals surface area contributed by atoms with Crippen molar-refractivity contribution in [1.82, 2.24) is 9.78 Å². The first-order valence-electron chi connectivity index (χ1n) is 6.81. The molecule has 0 saturated carbocycles. The zero-order valence-electron chi connectivity index (χ0n) is 12.3. The summed E-state index contributed by atoms with van der Waals surface area (Å²) in [5.74, 6) is 0.963. The average molecular weight is 323 g/mol. The van der Waals surface area contributed by atoms with Gasteiger partial charge in [-0.05, 0) is 24.3 Å². The number of aryl methyl sites for hydroxylation is 1. The first kappa shape index (κ1) is 16.7. The van der Waals surface area contributed by atoms with E-state index in [2.05, 4.69) is 21.8 Å². The van der Waals surface area contributed by atoms with E-state index in [-0.39, 0.29) is 0 Å². The minimum absolute atomic E-state index is 0.963. The zero-order valence-corrected chi connectivity index (χ0v) is 12.3. The Hall–Kier alpha value is -2.64. The molecule has 23 heavy (non-hydrogen) atoms. The average Bonchev–Trinajstić information content (AvgIpc) is 2.89. The Kier molecular flexibility index (Phi) is 5.15. The van der Waals surface area contributed by atoms with E-state index in [0.29, 0.717) is 0 Å². The number of aromatic nitrogens is 3. The first-order valence-corrected chi connectivity index (χ1v) is 6.81. The van der Waals surface area contributed by atoms with Crippen LogP contribution < -0.4 is 4.57 Å². The van der Waals surface area contributed by atoms with Crippen molar-refractivity contribution >= 4 is 7.25 Å². The minimum Gasteiger partial charge on any atom is -0.418 e. The fourth-order valence-corrected chi connectivity index (χ4v) is 1.97. The van der Waals surface area contributed by atoms with Crippen LogP contribution in [0.1, 0.15) is 5.82 Å². The van der Waals surface area contributed by atoms with Gasteiger partial charge in [0.2, 0.25) is 6.33 Å². The van der Waals surface area contributed by atoms with Crippen molar-refractivity contribution in [2.75, 3.05) is 0 Å². The molecular formula is C15H14BF4N3. The number of para-hydroxylation sites is 2. The van der Waals surface area contributed by atoms with Gasteiger partial charge in [-0.15, -0.1) is 0 Å². The second kappa shape index (κ2) is 7.08. The second-order valence-corrected chi connectivity index (χ2v) is 4.64. The van der Waals surface area contributed by atoms with Gasteiger partial charge in [-0.25, -0.2) is 4.57 Å². The molecule has 0 bridgehead atoms. The van der Waals surface area contributed by atoms with E-state index < -0.39 is 7.25 Å². The molecule has 3 aromatic rings. The van der Waals surface area contributed by atoms with Crippen LogP contribution in [0.3, 0.4) is 0 Å². The van der Waals surface area contributed by atoms with Gasteiger partial charge >= 0.3 is 7.25 Å². The van der Waals surface area contributed by atoms with E-state index >= 15 is 0 Å². The molecule has 3 nitrogen and oxygen atoms in total. The van der Waals surface area contributed by atoms with Crippen LogP contribution in [0, 0.1) is 6.92 Å². The molecule has 0 aliphatic carbocycles. The molecule has 0 aliphatic rings. The molecule has 1 heterocycles. The van der Waals surface area contributed by atoms with Gasteiger partial charge in [0.15, 0.2) is 0 Å². The van der Waals surface area contributed by atoms with Crippen molar-refractivity contribution in [3.05, 3.63) is 72.8 Å². The SMILES string of the molecule is Cc1nn(-c2ccccc2)c[n+]1-c1ccccc1.F[B-](F)(F)F. The fourth-order valence-electron chi connectivity index (χ4n) is 1.97. The molecule has 120 valence electrons. The second-order valence-electron chi connectivity index (χ2n) is 4.64. The van der Waals surface area contributed by atoms with Crippen molar-refractivity contribution in [2.24, 2.45) is 0 Å². The van der Waals surface area contributed by atoms with Gasteiger partial charge in [0.1, 0.15) is 11.4 Å².